The van der Waals surface area contributed by atoms with Gasteiger partial charge in [-0.2, -0.15) is 0 Å². The second-order valence-electron chi connectivity index (χ2n) is 3.02. The van der Waals surface area contributed by atoms with E-state index in [1.807, 2.05) is 30.3 Å². The van der Waals surface area contributed by atoms with Crippen LogP contribution in [0.25, 0.3) is 0 Å². The fourth-order valence-corrected chi connectivity index (χ4v) is 0.741. The topological polar surface area (TPSA) is 63.6 Å². The largest absolute Gasteiger partial charge is 0.483 e. The van der Waals surface area contributed by atoms with Crippen molar-refractivity contribution in [2.45, 2.75) is 26.4 Å². The second kappa shape index (κ2) is 8.47. The summed E-state index contributed by atoms with van der Waals surface area (Å²) >= 11 is 0. The van der Waals surface area contributed by atoms with Gasteiger partial charge < -0.3 is 9.84 Å². The number of para-hydroxylation sites is 1. The molecule has 88 valence electrons. The van der Waals surface area contributed by atoms with E-state index in [2.05, 4.69) is 0 Å². The van der Waals surface area contributed by atoms with Crippen molar-refractivity contribution in [3.05, 3.63) is 30.3 Å². The first-order valence-corrected chi connectivity index (χ1v) is 4.99. The first-order valence-electron chi connectivity index (χ1n) is 4.99. The second-order valence-corrected chi connectivity index (χ2v) is 3.02. The van der Waals surface area contributed by atoms with Gasteiger partial charge in [0.2, 0.25) is 0 Å². The standard InChI is InChI=1S/C9H10O2.C3H6O2/c1-8(7-10)11-9-5-3-2-4-6-9;1-2-3(4)5/h2-8H,1H3;2H2,1H3,(H,4,5). The lowest BCUT2D eigenvalue weighted by Crippen LogP contribution is -2.12. The van der Waals surface area contributed by atoms with Crippen molar-refractivity contribution >= 4 is 12.3 Å². The number of hydrogen-bond acceptors (Lipinski definition) is 3. The summed E-state index contributed by atoms with van der Waals surface area (Å²) in [4.78, 5) is 19.6. The predicted octanol–water partition coefficient (Wildman–Crippen LogP) is 2.13. The predicted molar refractivity (Wildman–Crippen MR) is 60.5 cm³/mol. The highest BCUT2D eigenvalue weighted by atomic mass is 16.5. The SMILES string of the molecule is CC(C=O)Oc1ccccc1.CCC(=O)O. The van der Waals surface area contributed by atoms with Crippen molar-refractivity contribution in [3.8, 4) is 5.75 Å². The van der Waals surface area contributed by atoms with Crippen LogP contribution in [0.2, 0.25) is 0 Å². The molecule has 1 aromatic rings. The Kier molecular flexibility index (Phi) is 7.49. The molecule has 0 spiro atoms. The lowest BCUT2D eigenvalue weighted by atomic mass is 10.3. The number of rotatable bonds is 4. The number of benzene rings is 1. The van der Waals surface area contributed by atoms with E-state index >= 15 is 0 Å². The molecule has 0 fully saturated rings. The molecule has 0 aromatic heterocycles. The van der Waals surface area contributed by atoms with Crippen molar-refractivity contribution in [2.75, 3.05) is 0 Å². The van der Waals surface area contributed by atoms with E-state index in [-0.39, 0.29) is 12.5 Å². The number of hydrogen-bond donors (Lipinski definition) is 1. The zero-order valence-electron chi connectivity index (χ0n) is 9.42. The van der Waals surface area contributed by atoms with Crippen LogP contribution in [-0.4, -0.2) is 23.5 Å². The van der Waals surface area contributed by atoms with Gasteiger partial charge in [-0.15, -0.1) is 0 Å². The fraction of sp³-hybridized carbons (Fsp3) is 0.333. The van der Waals surface area contributed by atoms with Crippen LogP contribution in [0.3, 0.4) is 0 Å². The molecule has 1 atom stereocenters. The summed E-state index contributed by atoms with van der Waals surface area (Å²) < 4.78 is 5.20. The number of carbonyl (C=O) groups is 2. The van der Waals surface area contributed by atoms with Crippen LogP contribution in [0.15, 0.2) is 30.3 Å². The van der Waals surface area contributed by atoms with Gasteiger partial charge in [0.15, 0.2) is 12.4 Å². The van der Waals surface area contributed by atoms with Gasteiger partial charge in [-0.25, -0.2) is 0 Å². The van der Waals surface area contributed by atoms with E-state index in [0.717, 1.165) is 12.0 Å². The van der Waals surface area contributed by atoms with E-state index in [0.29, 0.717) is 0 Å². The maximum Gasteiger partial charge on any atom is 0.303 e. The van der Waals surface area contributed by atoms with Gasteiger partial charge in [0.05, 0.1) is 0 Å². The summed E-state index contributed by atoms with van der Waals surface area (Å²) in [6.07, 6.45) is 0.630. The third-order valence-corrected chi connectivity index (χ3v) is 1.56. The number of ether oxygens (including phenoxy) is 1. The molecule has 1 unspecified atom stereocenters. The van der Waals surface area contributed by atoms with Gasteiger partial charge in [-0.3, -0.25) is 9.59 Å². The number of aldehydes is 1. The maximum atomic E-state index is 10.2. The van der Waals surface area contributed by atoms with Crippen molar-refractivity contribution in [3.63, 3.8) is 0 Å². The average molecular weight is 224 g/mol. The minimum Gasteiger partial charge on any atom is -0.483 e. The van der Waals surface area contributed by atoms with Crippen LogP contribution in [0.5, 0.6) is 5.75 Å². The van der Waals surface area contributed by atoms with Gasteiger partial charge >= 0.3 is 5.97 Å². The molecular formula is C12H16O4. The molecule has 0 saturated heterocycles. The molecule has 1 aromatic carbocycles. The van der Waals surface area contributed by atoms with Crippen LogP contribution >= 0.6 is 0 Å². The Labute approximate surface area is 94.9 Å². The third kappa shape index (κ3) is 7.55. The van der Waals surface area contributed by atoms with Gasteiger partial charge in [0, 0.05) is 6.42 Å². The monoisotopic (exact) mass is 224 g/mol. The van der Waals surface area contributed by atoms with Crippen LogP contribution in [0.1, 0.15) is 20.3 Å². The van der Waals surface area contributed by atoms with Crippen molar-refractivity contribution in [1.82, 2.24) is 0 Å². The molecular weight excluding hydrogens is 208 g/mol. The Balaban J connectivity index is 0.000000385. The van der Waals surface area contributed by atoms with E-state index < -0.39 is 5.97 Å². The molecule has 0 amide bonds. The molecule has 0 saturated carbocycles. The molecule has 0 aliphatic heterocycles. The van der Waals surface area contributed by atoms with Crippen LogP contribution in [0, 0.1) is 0 Å². The van der Waals surface area contributed by atoms with Gasteiger partial charge in [-0.1, -0.05) is 25.1 Å². The summed E-state index contributed by atoms with van der Waals surface area (Å²) in [6.45, 7) is 3.31. The quantitative estimate of drug-likeness (QED) is 0.796. The molecule has 1 rings (SSSR count). The number of carboxylic acids is 1. The molecule has 4 heteroatoms. The minimum atomic E-state index is -0.745. The number of aliphatic carboxylic acids is 1. The lowest BCUT2D eigenvalue weighted by Gasteiger charge is -2.06. The first-order chi connectivity index (χ1) is 7.60. The summed E-state index contributed by atoms with van der Waals surface area (Å²) in [5.41, 5.74) is 0. The molecule has 0 aliphatic rings. The fourth-order valence-electron chi connectivity index (χ4n) is 0.741. The smallest absolute Gasteiger partial charge is 0.303 e. The molecule has 0 bridgehead atoms. The maximum absolute atomic E-state index is 10.2. The molecule has 1 N–H and O–H groups in total. The zero-order valence-corrected chi connectivity index (χ0v) is 9.42. The molecule has 0 aliphatic carbocycles. The minimum absolute atomic E-state index is 0.222. The van der Waals surface area contributed by atoms with E-state index in [9.17, 15) is 9.59 Å². The number of carbonyl (C=O) groups excluding carboxylic acids is 1. The molecule has 0 heterocycles. The highest BCUT2D eigenvalue weighted by molar-refractivity contribution is 5.66. The molecule has 0 radical (unpaired) electrons. The summed E-state index contributed by atoms with van der Waals surface area (Å²) in [7, 11) is 0. The van der Waals surface area contributed by atoms with Crippen molar-refractivity contribution in [1.29, 1.82) is 0 Å². The van der Waals surface area contributed by atoms with Crippen molar-refractivity contribution < 1.29 is 19.4 Å². The Bertz CT molecular complexity index is 308. The van der Waals surface area contributed by atoms with E-state index in [4.69, 9.17) is 9.84 Å². The van der Waals surface area contributed by atoms with Gasteiger partial charge in [-0.05, 0) is 19.1 Å². The Morgan fingerprint density at radius 2 is 1.94 bits per heavy atom. The highest BCUT2D eigenvalue weighted by Crippen LogP contribution is 2.09. The van der Waals surface area contributed by atoms with E-state index in [1.165, 1.54) is 0 Å². The molecule has 4 nitrogen and oxygen atoms in total. The molecule has 16 heavy (non-hydrogen) atoms. The van der Waals surface area contributed by atoms with Crippen LogP contribution in [0.4, 0.5) is 0 Å². The Hall–Kier alpha value is -1.84. The van der Waals surface area contributed by atoms with Crippen LogP contribution in [-0.2, 0) is 9.59 Å². The first kappa shape index (κ1) is 14.2. The Morgan fingerprint density at radius 3 is 2.31 bits per heavy atom. The normalized spacial score (nSPS) is 10.6. The summed E-state index contributed by atoms with van der Waals surface area (Å²) in [5.74, 6) is -0.0166. The van der Waals surface area contributed by atoms with E-state index in [1.54, 1.807) is 13.8 Å². The Morgan fingerprint density at radius 1 is 1.44 bits per heavy atom. The zero-order chi connectivity index (χ0) is 12.4. The van der Waals surface area contributed by atoms with Gasteiger partial charge in [0.1, 0.15) is 5.75 Å². The average Bonchev–Trinajstić information content (AvgIpc) is 2.31. The van der Waals surface area contributed by atoms with Crippen molar-refractivity contribution in [2.24, 2.45) is 0 Å². The lowest BCUT2D eigenvalue weighted by molar-refractivity contribution is -0.136. The number of carboxylic acid groups (broad SMARTS) is 1. The van der Waals surface area contributed by atoms with Crippen LogP contribution < -0.4 is 4.74 Å². The van der Waals surface area contributed by atoms with Gasteiger partial charge in [0.25, 0.3) is 0 Å². The summed E-state index contributed by atoms with van der Waals surface area (Å²) in [5, 5.41) is 7.72. The third-order valence-electron chi connectivity index (χ3n) is 1.56. The summed E-state index contributed by atoms with van der Waals surface area (Å²) in [6, 6.07) is 9.28. The highest BCUT2D eigenvalue weighted by Gasteiger charge is 1.98.